The Kier molecular flexibility index (Phi) is 5.56. The van der Waals surface area contributed by atoms with Crippen molar-refractivity contribution in [3.05, 3.63) is 65.7 Å². The second kappa shape index (κ2) is 8.04. The third kappa shape index (κ3) is 4.19. The van der Waals surface area contributed by atoms with Gasteiger partial charge in [0.2, 0.25) is 0 Å². The number of amidine groups is 1. The molecule has 2 aromatic carbocycles. The highest BCUT2D eigenvalue weighted by Gasteiger charge is 2.15. The van der Waals surface area contributed by atoms with Gasteiger partial charge in [-0.25, -0.2) is 4.99 Å². The van der Waals surface area contributed by atoms with Crippen molar-refractivity contribution in [3.63, 3.8) is 0 Å². The van der Waals surface area contributed by atoms with Crippen LogP contribution in [-0.2, 0) is 4.74 Å². The first-order valence-corrected chi connectivity index (χ1v) is 8.48. The molecule has 1 aliphatic heterocycles. The highest BCUT2D eigenvalue weighted by Crippen LogP contribution is 2.16. The van der Waals surface area contributed by atoms with E-state index >= 15 is 0 Å². The molecule has 0 spiro atoms. The van der Waals surface area contributed by atoms with Crippen LogP contribution in [0.3, 0.4) is 0 Å². The number of aryl methyl sites for hydroxylation is 1. The predicted molar refractivity (Wildman–Crippen MR) is 103 cm³/mol. The fourth-order valence-electron chi connectivity index (χ4n) is 2.52. The minimum absolute atomic E-state index is 0.596. The van der Waals surface area contributed by atoms with E-state index < -0.39 is 0 Å². The van der Waals surface area contributed by atoms with Crippen LogP contribution in [0.25, 0.3) is 0 Å². The summed E-state index contributed by atoms with van der Waals surface area (Å²) >= 11 is 5.54. The van der Waals surface area contributed by atoms with Crippen LogP contribution in [-0.4, -0.2) is 42.2 Å². The third-order valence-electron chi connectivity index (χ3n) is 3.93. The molecule has 0 bridgehead atoms. The van der Waals surface area contributed by atoms with Gasteiger partial charge in [0, 0.05) is 24.3 Å². The normalized spacial score (nSPS) is 15.2. The van der Waals surface area contributed by atoms with Crippen molar-refractivity contribution in [2.45, 2.75) is 6.92 Å². The monoisotopic (exact) mass is 339 g/mol. The number of ether oxygens (including phenoxy) is 1. The maximum atomic E-state index is 5.54. The van der Waals surface area contributed by atoms with Crippen LogP contribution in [0.4, 0.5) is 5.69 Å². The summed E-state index contributed by atoms with van der Waals surface area (Å²) < 4.78 is 5.39. The molecule has 124 valence electrons. The van der Waals surface area contributed by atoms with Gasteiger partial charge in [-0.05, 0) is 30.8 Å². The number of morpholine rings is 1. The molecule has 5 heteroatoms. The number of thiocarbonyl (C=S) groups is 1. The fraction of sp³-hybridized carbons (Fsp3) is 0.263. The molecule has 1 fully saturated rings. The Morgan fingerprint density at radius 3 is 2.42 bits per heavy atom. The Morgan fingerprint density at radius 1 is 1.04 bits per heavy atom. The SMILES string of the molecule is Cc1ccccc1N/C(=N/C(=S)N1CCOCC1)c1ccccc1. The molecular weight excluding hydrogens is 318 g/mol. The number of hydrogen-bond donors (Lipinski definition) is 1. The van der Waals surface area contributed by atoms with Gasteiger partial charge in [0.05, 0.1) is 13.2 Å². The predicted octanol–water partition coefficient (Wildman–Crippen LogP) is 3.47. The van der Waals surface area contributed by atoms with Crippen LogP contribution in [0.15, 0.2) is 59.6 Å². The largest absolute Gasteiger partial charge is 0.378 e. The number of nitrogens with one attached hydrogen (secondary N) is 1. The van der Waals surface area contributed by atoms with Gasteiger partial charge in [-0.2, -0.15) is 0 Å². The molecule has 1 heterocycles. The molecule has 2 aromatic rings. The molecule has 0 unspecified atom stereocenters. The van der Waals surface area contributed by atoms with Crippen molar-refractivity contribution < 1.29 is 4.74 Å². The van der Waals surface area contributed by atoms with E-state index in [-0.39, 0.29) is 0 Å². The smallest absolute Gasteiger partial charge is 0.197 e. The quantitative estimate of drug-likeness (QED) is 0.516. The highest BCUT2D eigenvalue weighted by atomic mass is 32.1. The van der Waals surface area contributed by atoms with Crippen LogP contribution in [0.1, 0.15) is 11.1 Å². The summed E-state index contributed by atoms with van der Waals surface area (Å²) in [5.41, 5.74) is 3.21. The third-order valence-corrected chi connectivity index (χ3v) is 4.28. The molecule has 4 nitrogen and oxygen atoms in total. The Balaban J connectivity index is 1.88. The second-order valence-electron chi connectivity index (χ2n) is 5.65. The van der Waals surface area contributed by atoms with E-state index in [0.29, 0.717) is 18.3 Å². The fourth-order valence-corrected chi connectivity index (χ4v) is 2.80. The van der Waals surface area contributed by atoms with Crippen molar-refractivity contribution in [2.24, 2.45) is 4.99 Å². The Morgan fingerprint density at radius 2 is 1.71 bits per heavy atom. The zero-order valence-electron chi connectivity index (χ0n) is 13.7. The van der Waals surface area contributed by atoms with Gasteiger partial charge in [-0.15, -0.1) is 0 Å². The van der Waals surface area contributed by atoms with E-state index in [9.17, 15) is 0 Å². The number of aliphatic imine (C=N–C) groups is 1. The molecule has 0 atom stereocenters. The van der Waals surface area contributed by atoms with Crippen molar-refractivity contribution in [1.29, 1.82) is 0 Å². The van der Waals surface area contributed by atoms with E-state index in [1.807, 2.05) is 48.5 Å². The van der Waals surface area contributed by atoms with Gasteiger partial charge < -0.3 is 15.0 Å². The molecular formula is C19H21N3OS. The lowest BCUT2D eigenvalue weighted by molar-refractivity contribution is 0.0686. The van der Waals surface area contributed by atoms with Crippen molar-refractivity contribution in [3.8, 4) is 0 Å². The Bertz CT molecular complexity index is 724. The van der Waals surface area contributed by atoms with Crippen molar-refractivity contribution in [1.82, 2.24) is 4.90 Å². The Hall–Kier alpha value is -2.24. The number of anilines is 1. The van der Waals surface area contributed by atoms with Crippen LogP contribution in [0.5, 0.6) is 0 Å². The molecule has 3 rings (SSSR count). The van der Waals surface area contributed by atoms with Gasteiger partial charge in [-0.3, -0.25) is 0 Å². The first kappa shape index (κ1) is 16.6. The summed E-state index contributed by atoms with van der Waals surface area (Å²) in [6.45, 7) is 5.04. The summed E-state index contributed by atoms with van der Waals surface area (Å²) in [5.74, 6) is 0.765. The van der Waals surface area contributed by atoms with Crippen molar-refractivity contribution in [2.75, 3.05) is 31.6 Å². The average Bonchev–Trinajstić information content (AvgIpc) is 2.64. The average molecular weight is 339 g/mol. The van der Waals surface area contributed by atoms with Crippen LogP contribution < -0.4 is 5.32 Å². The molecule has 0 radical (unpaired) electrons. The molecule has 0 aliphatic carbocycles. The highest BCUT2D eigenvalue weighted by molar-refractivity contribution is 7.80. The van der Waals surface area contributed by atoms with E-state index in [1.165, 1.54) is 5.56 Å². The summed E-state index contributed by atoms with van der Waals surface area (Å²) in [7, 11) is 0. The van der Waals surface area contributed by atoms with Gasteiger partial charge in [0.15, 0.2) is 5.11 Å². The molecule has 1 aliphatic rings. The minimum Gasteiger partial charge on any atom is -0.378 e. The molecule has 24 heavy (non-hydrogen) atoms. The molecule has 0 aromatic heterocycles. The van der Waals surface area contributed by atoms with E-state index in [2.05, 4.69) is 23.2 Å². The summed E-state index contributed by atoms with van der Waals surface area (Å²) in [4.78, 5) is 6.80. The molecule has 1 N–H and O–H groups in total. The zero-order valence-corrected chi connectivity index (χ0v) is 14.6. The van der Waals surface area contributed by atoms with Crippen LogP contribution >= 0.6 is 12.2 Å². The standard InChI is InChI=1S/C19H21N3OS/c1-15-7-5-6-10-17(15)20-18(16-8-3-2-4-9-16)21-19(24)22-11-13-23-14-12-22/h2-10H,11-14H2,1H3,(H,20,21,24). The number of nitrogens with zero attached hydrogens (tertiary/aromatic N) is 2. The van der Waals surface area contributed by atoms with Crippen LogP contribution in [0.2, 0.25) is 0 Å². The number of hydrogen-bond acceptors (Lipinski definition) is 2. The molecule has 0 amide bonds. The topological polar surface area (TPSA) is 36.9 Å². The van der Waals surface area contributed by atoms with Gasteiger partial charge in [0.25, 0.3) is 0 Å². The summed E-state index contributed by atoms with van der Waals surface area (Å²) in [6, 6.07) is 18.2. The van der Waals surface area contributed by atoms with E-state index in [1.54, 1.807) is 0 Å². The summed E-state index contributed by atoms with van der Waals surface area (Å²) in [5, 5.41) is 4.03. The lowest BCUT2D eigenvalue weighted by atomic mass is 10.1. The van der Waals surface area contributed by atoms with Gasteiger partial charge in [0.1, 0.15) is 5.84 Å². The van der Waals surface area contributed by atoms with Gasteiger partial charge in [-0.1, -0.05) is 48.5 Å². The van der Waals surface area contributed by atoms with Crippen LogP contribution in [0, 0.1) is 6.92 Å². The summed E-state index contributed by atoms with van der Waals surface area (Å²) in [6.07, 6.45) is 0. The maximum Gasteiger partial charge on any atom is 0.197 e. The van der Waals surface area contributed by atoms with Gasteiger partial charge >= 0.3 is 0 Å². The second-order valence-corrected chi connectivity index (χ2v) is 6.01. The lowest BCUT2D eigenvalue weighted by Gasteiger charge is -2.27. The van der Waals surface area contributed by atoms with E-state index in [4.69, 9.17) is 21.9 Å². The first-order valence-electron chi connectivity index (χ1n) is 8.07. The lowest BCUT2D eigenvalue weighted by Crippen LogP contribution is -2.39. The number of benzene rings is 2. The number of rotatable bonds is 2. The van der Waals surface area contributed by atoms with Crippen molar-refractivity contribution >= 4 is 28.9 Å². The maximum absolute atomic E-state index is 5.54. The zero-order chi connectivity index (χ0) is 16.8. The minimum atomic E-state index is 0.596. The Labute approximate surface area is 148 Å². The van der Waals surface area contributed by atoms with E-state index in [0.717, 1.165) is 30.2 Å². The molecule has 0 saturated carbocycles. The molecule has 1 saturated heterocycles. The number of para-hydroxylation sites is 1. The first-order chi connectivity index (χ1) is 11.7.